The molecule has 1 atom stereocenters. The molecule has 1 heterocycles. The van der Waals surface area contributed by atoms with Crippen LogP contribution >= 0.6 is 0 Å². The van der Waals surface area contributed by atoms with Gasteiger partial charge in [0.2, 0.25) is 0 Å². The second kappa shape index (κ2) is 3.31. The monoisotopic (exact) mass is 170 g/mol. The van der Waals surface area contributed by atoms with Crippen molar-refractivity contribution in [3.8, 4) is 0 Å². The average Bonchev–Trinajstić information content (AvgIpc) is 2.35. The van der Waals surface area contributed by atoms with Crippen molar-refractivity contribution < 1.29 is 9.90 Å². The Balaban J connectivity index is 2.58. The molecule has 0 radical (unpaired) electrons. The first-order valence-corrected chi connectivity index (χ1v) is 3.43. The number of nitrogens with two attached hydrogens (primary N) is 1. The highest BCUT2D eigenvalue weighted by molar-refractivity contribution is 5.73. The van der Waals surface area contributed by atoms with Crippen molar-refractivity contribution in [2.45, 2.75) is 12.5 Å². The molecule has 0 aliphatic heterocycles. The number of nitrogens with zero attached hydrogens (tertiary/aromatic N) is 3. The SMILES string of the molecule is Cn1ncc(C[C@@H](N)C(=O)O)n1. The van der Waals surface area contributed by atoms with Crippen molar-refractivity contribution in [1.29, 1.82) is 0 Å². The first kappa shape index (κ1) is 8.66. The van der Waals surface area contributed by atoms with Crippen LogP contribution in [0.1, 0.15) is 5.69 Å². The number of aryl methyl sites for hydroxylation is 1. The fourth-order valence-corrected chi connectivity index (χ4v) is 0.794. The molecule has 0 saturated heterocycles. The van der Waals surface area contributed by atoms with Crippen LogP contribution in [0.25, 0.3) is 0 Å². The summed E-state index contributed by atoms with van der Waals surface area (Å²) < 4.78 is 0. The quantitative estimate of drug-likeness (QED) is 0.592. The minimum Gasteiger partial charge on any atom is -0.480 e. The summed E-state index contributed by atoms with van der Waals surface area (Å²) in [6.07, 6.45) is 1.71. The summed E-state index contributed by atoms with van der Waals surface area (Å²) in [6, 6.07) is -0.901. The molecule has 0 aromatic carbocycles. The van der Waals surface area contributed by atoms with Crippen molar-refractivity contribution in [2.75, 3.05) is 0 Å². The van der Waals surface area contributed by atoms with Crippen LogP contribution in [0.2, 0.25) is 0 Å². The summed E-state index contributed by atoms with van der Waals surface area (Å²) in [5, 5.41) is 16.2. The summed E-state index contributed by atoms with van der Waals surface area (Å²) in [5.41, 5.74) is 5.87. The van der Waals surface area contributed by atoms with Gasteiger partial charge in [0.1, 0.15) is 6.04 Å². The van der Waals surface area contributed by atoms with Gasteiger partial charge < -0.3 is 10.8 Å². The van der Waals surface area contributed by atoms with Crippen LogP contribution in [0.3, 0.4) is 0 Å². The zero-order valence-electron chi connectivity index (χ0n) is 6.64. The highest BCUT2D eigenvalue weighted by Crippen LogP contribution is 1.95. The van der Waals surface area contributed by atoms with Gasteiger partial charge in [-0.2, -0.15) is 15.0 Å². The fourth-order valence-electron chi connectivity index (χ4n) is 0.794. The number of hydrogen-bond donors (Lipinski definition) is 2. The highest BCUT2D eigenvalue weighted by atomic mass is 16.4. The third-order valence-electron chi connectivity index (χ3n) is 1.39. The van der Waals surface area contributed by atoms with Gasteiger partial charge in [-0.25, -0.2) is 0 Å². The van der Waals surface area contributed by atoms with Crippen molar-refractivity contribution in [3.05, 3.63) is 11.9 Å². The Morgan fingerprint density at radius 3 is 3.00 bits per heavy atom. The lowest BCUT2D eigenvalue weighted by Gasteiger charge is -2.01. The fraction of sp³-hybridized carbons (Fsp3) is 0.500. The molecule has 12 heavy (non-hydrogen) atoms. The van der Waals surface area contributed by atoms with Gasteiger partial charge in [-0.1, -0.05) is 0 Å². The van der Waals surface area contributed by atoms with Crippen molar-refractivity contribution >= 4 is 5.97 Å². The van der Waals surface area contributed by atoms with Gasteiger partial charge in [0, 0.05) is 13.5 Å². The summed E-state index contributed by atoms with van der Waals surface area (Å²) in [6.45, 7) is 0. The molecule has 6 heteroatoms. The molecule has 0 fully saturated rings. The van der Waals surface area contributed by atoms with E-state index < -0.39 is 12.0 Å². The smallest absolute Gasteiger partial charge is 0.320 e. The molecule has 0 bridgehead atoms. The van der Waals surface area contributed by atoms with Crippen LogP contribution in [-0.2, 0) is 18.3 Å². The first-order valence-electron chi connectivity index (χ1n) is 3.43. The molecule has 0 unspecified atom stereocenters. The van der Waals surface area contributed by atoms with E-state index in [1.807, 2.05) is 0 Å². The number of hydrogen-bond acceptors (Lipinski definition) is 4. The van der Waals surface area contributed by atoms with E-state index >= 15 is 0 Å². The van der Waals surface area contributed by atoms with Crippen molar-refractivity contribution in [1.82, 2.24) is 15.0 Å². The highest BCUT2D eigenvalue weighted by Gasteiger charge is 2.13. The van der Waals surface area contributed by atoms with Crippen LogP contribution in [0, 0.1) is 0 Å². The maximum absolute atomic E-state index is 10.3. The van der Waals surface area contributed by atoms with E-state index in [4.69, 9.17) is 10.8 Å². The number of carbonyl (C=O) groups is 1. The third kappa shape index (κ3) is 2.03. The lowest BCUT2D eigenvalue weighted by molar-refractivity contribution is -0.138. The molecule has 0 spiro atoms. The summed E-state index contributed by atoms with van der Waals surface area (Å²) >= 11 is 0. The summed E-state index contributed by atoms with van der Waals surface area (Å²) in [4.78, 5) is 11.7. The van der Waals surface area contributed by atoms with Crippen LogP contribution in [-0.4, -0.2) is 32.1 Å². The van der Waals surface area contributed by atoms with Crippen LogP contribution in [0.5, 0.6) is 0 Å². The van der Waals surface area contributed by atoms with E-state index in [-0.39, 0.29) is 6.42 Å². The maximum Gasteiger partial charge on any atom is 0.320 e. The van der Waals surface area contributed by atoms with Gasteiger partial charge in [-0.15, -0.1) is 0 Å². The predicted octanol–water partition coefficient (Wildman–Crippen LogP) is -1.23. The van der Waals surface area contributed by atoms with Crippen LogP contribution < -0.4 is 5.73 Å². The molecular weight excluding hydrogens is 160 g/mol. The van der Waals surface area contributed by atoms with E-state index in [1.165, 1.54) is 11.0 Å². The molecule has 0 aliphatic carbocycles. The first-order chi connectivity index (χ1) is 5.59. The summed E-state index contributed by atoms with van der Waals surface area (Å²) in [7, 11) is 1.66. The Hall–Kier alpha value is -1.43. The molecule has 3 N–H and O–H groups in total. The summed E-state index contributed by atoms with van der Waals surface area (Å²) in [5.74, 6) is -1.03. The lowest BCUT2D eigenvalue weighted by atomic mass is 10.2. The van der Waals surface area contributed by atoms with Gasteiger partial charge in [0.15, 0.2) is 0 Å². The van der Waals surface area contributed by atoms with E-state index in [0.29, 0.717) is 5.69 Å². The molecule has 1 aromatic rings. The topological polar surface area (TPSA) is 94.0 Å². The Kier molecular flexibility index (Phi) is 2.39. The number of aliphatic carboxylic acids is 1. The Morgan fingerprint density at radius 2 is 2.58 bits per heavy atom. The molecule has 0 saturated carbocycles. The predicted molar refractivity (Wildman–Crippen MR) is 40.3 cm³/mol. The van der Waals surface area contributed by atoms with Gasteiger partial charge in [-0.05, 0) is 0 Å². The molecule has 0 aliphatic rings. The normalized spacial score (nSPS) is 12.8. The van der Waals surface area contributed by atoms with Gasteiger partial charge in [0.25, 0.3) is 0 Å². The molecular formula is C6H10N4O2. The van der Waals surface area contributed by atoms with Gasteiger partial charge >= 0.3 is 5.97 Å². The molecule has 66 valence electrons. The Morgan fingerprint density at radius 1 is 1.92 bits per heavy atom. The molecule has 1 rings (SSSR count). The van der Waals surface area contributed by atoms with E-state index in [1.54, 1.807) is 7.05 Å². The van der Waals surface area contributed by atoms with Crippen molar-refractivity contribution in [3.63, 3.8) is 0 Å². The largest absolute Gasteiger partial charge is 0.480 e. The second-order valence-electron chi connectivity index (χ2n) is 2.47. The Labute approximate surface area is 69.0 Å². The zero-order chi connectivity index (χ0) is 9.14. The Bertz CT molecular complexity index is 283. The lowest BCUT2D eigenvalue weighted by Crippen LogP contribution is -2.32. The van der Waals surface area contributed by atoms with Crippen LogP contribution in [0.15, 0.2) is 6.20 Å². The number of rotatable bonds is 3. The maximum atomic E-state index is 10.3. The van der Waals surface area contributed by atoms with Crippen LogP contribution in [0.4, 0.5) is 0 Å². The molecule has 6 nitrogen and oxygen atoms in total. The number of carboxylic acids is 1. The number of carboxylic acid groups (broad SMARTS) is 1. The van der Waals surface area contributed by atoms with E-state index in [9.17, 15) is 4.79 Å². The number of aromatic nitrogens is 3. The van der Waals surface area contributed by atoms with Gasteiger partial charge in [-0.3, -0.25) is 4.79 Å². The van der Waals surface area contributed by atoms with E-state index in [0.717, 1.165) is 0 Å². The third-order valence-corrected chi connectivity index (χ3v) is 1.39. The standard InChI is InChI=1S/C6H10N4O2/c1-10-8-3-4(9-10)2-5(7)6(11)12/h3,5H,2,7H2,1H3,(H,11,12)/t5-/m1/s1. The van der Waals surface area contributed by atoms with Gasteiger partial charge in [0.05, 0.1) is 11.9 Å². The minimum atomic E-state index is -1.03. The van der Waals surface area contributed by atoms with Crippen molar-refractivity contribution in [2.24, 2.45) is 12.8 Å². The molecule has 0 amide bonds. The second-order valence-corrected chi connectivity index (χ2v) is 2.47. The zero-order valence-corrected chi connectivity index (χ0v) is 6.64. The van der Waals surface area contributed by atoms with E-state index in [2.05, 4.69) is 10.2 Å². The average molecular weight is 170 g/mol. The molecule has 1 aromatic heterocycles. The minimum absolute atomic E-state index is 0.211.